The van der Waals surface area contributed by atoms with Crippen LogP contribution in [0.4, 0.5) is 0 Å². The third kappa shape index (κ3) is 4.21. The zero-order valence-corrected chi connectivity index (χ0v) is 15.0. The molecule has 0 aromatic heterocycles. The number of rotatable bonds is 6. The molecule has 0 bridgehead atoms. The Morgan fingerprint density at radius 3 is 2.75 bits per heavy atom. The highest BCUT2D eigenvalue weighted by Gasteiger charge is 2.34. The minimum absolute atomic E-state index is 0.599. The molecule has 24 heavy (non-hydrogen) atoms. The number of hydrogen-bond acceptors (Lipinski definition) is 5. The Hall–Kier alpha value is -1.30. The van der Waals surface area contributed by atoms with E-state index in [4.69, 9.17) is 9.47 Å². The average molecular weight is 334 g/mol. The maximum atomic E-state index is 11.0. The van der Waals surface area contributed by atoms with Gasteiger partial charge in [0.05, 0.1) is 5.60 Å². The van der Waals surface area contributed by atoms with Crippen molar-refractivity contribution in [3.8, 4) is 11.5 Å². The number of fused-ring (bicyclic) bond motifs is 1. The largest absolute Gasteiger partial charge is 0.486 e. The van der Waals surface area contributed by atoms with Gasteiger partial charge in [-0.1, -0.05) is 19.9 Å². The van der Waals surface area contributed by atoms with Crippen molar-refractivity contribution in [2.75, 3.05) is 45.9 Å². The third-order valence-corrected chi connectivity index (χ3v) is 5.06. The van der Waals surface area contributed by atoms with E-state index in [1.165, 1.54) is 5.56 Å². The van der Waals surface area contributed by atoms with Crippen molar-refractivity contribution >= 4 is 0 Å². The topological polar surface area (TPSA) is 45.2 Å². The van der Waals surface area contributed by atoms with Gasteiger partial charge in [-0.15, -0.1) is 0 Å². The van der Waals surface area contributed by atoms with Gasteiger partial charge < -0.3 is 19.5 Å². The first-order chi connectivity index (χ1) is 11.6. The van der Waals surface area contributed by atoms with Gasteiger partial charge in [0.2, 0.25) is 0 Å². The Morgan fingerprint density at radius 2 is 2.00 bits per heavy atom. The second kappa shape index (κ2) is 7.72. The predicted molar refractivity (Wildman–Crippen MR) is 94.7 cm³/mol. The first-order valence-corrected chi connectivity index (χ1v) is 9.17. The van der Waals surface area contributed by atoms with Crippen molar-refractivity contribution in [3.63, 3.8) is 0 Å². The summed E-state index contributed by atoms with van der Waals surface area (Å²) in [5.74, 6) is 1.67. The first kappa shape index (κ1) is 17.5. The van der Waals surface area contributed by atoms with Crippen molar-refractivity contribution in [1.82, 2.24) is 9.80 Å². The van der Waals surface area contributed by atoms with E-state index < -0.39 is 5.60 Å². The highest BCUT2D eigenvalue weighted by molar-refractivity contribution is 5.43. The molecular weight excluding hydrogens is 304 g/mol. The van der Waals surface area contributed by atoms with E-state index in [2.05, 4.69) is 35.8 Å². The zero-order valence-electron chi connectivity index (χ0n) is 15.0. The fourth-order valence-electron chi connectivity index (χ4n) is 3.75. The van der Waals surface area contributed by atoms with E-state index in [0.717, 1.165) is 57.1 Å². The van der Waals surface area contributed by atoms with Gasteiger partial charge in [-0.25, -0.2) is 0 Å². The molecule has 2 aliphatic heterocycles. The van der Waals surface area contributed by atoms with Gasteiger partial charge in [-0.2, -0.15) is 0 Å². The number of likely N-dealkylation sites (tertiary alicyclic amines) is 1. The summed E-state index contributed by atoms with van der Waals surface area (Å²) in [6.45, 7) is 10.9. The summed E-state index contributed by atoms with van der Waals surface area (Å²) in [6, 6.07) is 6.16. The monoisotopic (exact) mass is 334 g/mol. The molecule has 0 amide bonds. The molecule has 0 aliphatic carbocycles. The minimum atomic E-state index is -0.599. The normalized spacial score (nSPS) is 24.3. The molecule has 5 nitrogen and oxygen atoms in total. The molecule has 3 rings (SSSR count). The van der Waals surface area contributed by atoms with Gasteiger partial charge in [0.25, 0.3) is 0 Å². The van der Waals surface area contributed by atoms with Gasteiger partial charge >= 0.3 is 0 Å². The van der Waals surface area contributed by atoms with Crippen LogP contribution in [0, 0.1) is 0 Å². The Kier molecular flexibility index (Phi) is 5.64. The number of ether oxygens (including phenoxy) is 2. The van der Waals surface area contributed by atoms with Crippen LogP contribution >= 0.6 is 0 Å². The van der Waals surface area contributed by atoms with E-state index in [1.54, 1.807) is 0 Å². The fraction of sp³-hybridized carbons (Fsp3) is 0.684. The highest BCUT2D eigenvalue weighted by Crippen LogP contribution is 2.31. The number of β-amino-alcohol motifs (C(OH)–C–C–N with tert-alkyl or cyclic N) is 1. The minimum Gasteiger partial charge on any atom is -0.486 e. The van der Waals surface area contributed by atoms with Crippen LogP contribution in [0.25, 0.3) is 0 Å². The summed E-state index contributed by atoms with van der Waals surface area (Å²) < 4.78 is 11.3. The fourth-order valence-corrected chi connectivity index (χ4v) is 3.75. The van der Waals surface area contributed by atoms with Crippen molar-refractivity contribution in [2.45, 2.75) is 38.8 Å². The Balaban J connectivity index is 1.64. The molecule has 1 fully saturated rings. The molecular formula is C19H30N2O3. The number of piperidine rings is 1. The summed E-state index contributed by atoms with van der Waals surface area (Å²) in [7, 11) is 0. The van der Waals surface area contributed by atoms with Gasteiger partial charge in [0, 0.05) is 19.6 Å². The Labute approximate surface area is 145 Å². The molecule has 1 aromatic carbocycles. The standard InChI is InChI=1S/C19H30N2O3/c1-3-20-9-5-8-19(22,14-20)15-21(4-2)13-16-6-7-17-18(12-16)24-11-10-23-17/h6-7,12,22H,3-5,8-11,13-15H2,1-2H3. The second-order valence-corrected chi connectivity index (χ2v) is 6.98. The molecule has 0 saturated carbocycles. The number of benzene rings is 1. The van der Waals surface area contributed by atoms with Gasteiger partial charge in [0.15, 0.2) is 11.5 Å². The van der Waals surface area contributed by atoms with E-state index in [9.17, 15) is 5.11 Å². The summed E-state index contributed by atoms with van der Waals surface area (Å²) in [4.78, 5) is 4.67. The molecule has 1 N–H and O–H groups in total. The van der Waals surface area contributed by atoms with Crippen molar-refractivity contribution < 1.29 is 14.6 Å². The van der Waals surface area contributed by atoms with Crippen molar-refractivity contribution in [2.24, 2.45) is 0 Å². The van der Waals surface area contributed by atoms with E-state index in [-0.39, 0.29) is 0 Å². The average Bonchev–Trinajstić information content (AvgIpc) is 2.60. The quantitative estimate of drug-likeness (QED) is 0.863. The zero-order chi connectivity index (χ0) is 17.0. The molecule has 1 aromatic rings. The van der Waals surface area contributed by atoms with Crippen LogP contribution in [0.5, 0.6) is 11.5 Å². The third-order valence-electron chi connectivity index (χ3n) is 5.06. The lowest BCUT2D eigenvalue weighted by molar-refractivity contribution is -0.0528. The van der Waals surface area contributed by atoms with Crippen LogP contribution in [0.15, 0.2) is 18.2 Å². The van der Waals surface area contributed by atoms with Crippen LogP contribution in [0.3, 0.4) is 0 Å². The number of aliphatic hydroxyl groups is 1. The van der Waals surface area contributed by atoms with Crippen LogP contribution in [-0.4, -0.2) is 66.4 Å². The van der Waals surface area contributed by atoms with Crippen molar-refractivity contribution in [1.29, 1.82) is 0 Å². The van der Waals surface area contributed by atoms with Crippen LogP contribution < -0.4 is 9.47 Å². The Bertz CT molecular complexity index is 551. The van der Waals surface area contributed by atoms with Gasteiger partial charge in [-0.3, -0.25) is 4.90 Å². The second-order valence-electron chi connectivity index (χ2n) is 6.98. The molecule has 0 radical (unpaired) electrons. The lowest BCUT2D eigenvalue weighted by Gasteiger charge is -2.41. The first-order valence-electron chi connectivity index (χ1n) is 9.17. The predicted octanol–water partition coefficient (Wildman–Crippen LogP) is 2.13. The lowest BCUT2D eigenvalue weighted by atomic mass is 9.92. The van der Waals surface area contributed by atoms with Crippen molar-refractivity contribution in [3.05, 3.63) is 23.8 Å². The summed E-state index contributed by atoms with van der Waals surface area (Å²) in [6.07, 6.45) is 1.97. The molecule has 1 saturated heterocycles. The lowest BCUT2D eigenvalue weighted by Crippen LogP contribution is -2.54. The molecule has 5 heteroatoms. The summed E-state index contributed by atoms with van der Waals surface area (Å²) in [5.41, 5.74) is 0.603. The van der Waals surface area contributed by atoms with Gasteiger partial charge in [0.1, 0.15) is 13.2 Å². The van der Waals surface area contributed by atoms with Crippen LogP contribution in [0.1, 0.15) is 32.3 Å². The number of nitrogens with zero attached hydrogens (tertiary/aromatic N) is 2. The number of hydrogen-bond donors (Lipinski definition) is 1. The maximum Gasteiger partial charge on any atom is 0.161 e. The van der Waals surface area contributed by atoms with E-state index >= 15 is 0 Å². The summed E-state index contributed by atoms with van der Waals surface area (Å²) in [5, 5.41) is 11.0. The molecule has 134 valence electrons. The molecule has 2 heterocycles. The summed E-state index contributed by atoms with van der Waals surface area (Å²) >= 11 is 0. The smallest absolute Gasteiger partial charge is 0.161 e. The molecule has 0 spiro atoms. The van der Waals surface area contributed by atoms with Crippen LogP contribution in [-0.2, 0) is 6.54 Å². The van der Waals surface area contributed by atoms with E-state index in [1.807, 2.05) is 6.07 Å². The molecule has 2 aliphatic rings. The maximum absolute atomic E-state index is 11.0. The SMILES string of the molecule is CCN1CCCC(O)(CN(CC)Cc2ccc3c(c2)OCCO3)C1. The highest BCUT2D eigenvalue weighted by atomic mass is 16.6. The molecule has 1 unspecified atom stereocenters. The van der Waals surface area contributed by atoms with Gasteiger partial charge in [-0.05, 0) is 50.2 Å². The Morgan fingerprint density at radius 1 is 1.21 bits per heavy atom. The molecule has 1 atom stereocenters. The van der Waals surface area contributed by atoms with Crippen LogP contribution in [0.2, 0.25) is 0 Å². The van der Waals surface area contributed by atoms with E-state index in [0.29, 0.717) is 19.8 Å². The number of likely N-dealkylation sites (N-methyl/N-ethyl adjacent to an activating group) is 2.